The van der Waals surface area contributed by atoms with E-state index in [-0.39, 0.29) is 11.7 Å². The number of amides is 1. The first-order valence-electron chi connectivity index (χ1n) is 8.19. The van der Waals surface area contributed by atoms with Gasteiger partial charge in [-0.25, -0.2) is 0 Å². The Labute approximate surface area is 142 Å². The molecular formula is C16H19F3N4O2. The van der Waals surface area contributed by atoms with Gasteiger partial charge < -0.3 is 9.42 Å². The van der Waals surface area contributed by atoms with Crippen LogP contribution in [0.25, 0.3) is 0 Å². The van der Waals surface area contributed by atoms with Gasteiger partial charge in [-0.1, -0.05) is 12.1 Å². The van der Waals surface area contributed by atoms with Gasteiger partial charge in [-0.2, -0.15) is 18.3 Å². The first-order chi connectivity index (χ1) is 11.8. The summed E-state index contributed by atoms with van der Waals surface area (Å²) in [4.78, 5) is 14.2. The van der Waals surface area contributed by atoms with Crippen LogP contribution >= 0.6 is 0 Å². The second-order valence-electron chi connectivity index (χ2n) is 6.16. The Balaban J connectivity index is 1.83. The van der Waals surface area contributed by atoms with E-state index < -0.39 is 17.8 Å². The Morgan fingerprint density at radius 3 is 2.80 bits per heavy atom. The number of halogens is 3. The van der Waals surface area contributed by atoms with Gasteiger partial charge in [-0.05, 0) is 19.3 Å². The number of hydrogen-bond donors (Lipinski definition) is 0. The summed E-state index contributed by atoms with van der Waals surface area (Å²) in [6, 6.07) is 2.32. The predicted octanol–water partition coefficient (Wildman–Crippen LogP) is 3.36. The summed E-state index contributed by atoms with van der Waals surface area (Å²) in [7, 11) is 1.18. The molecule has 0 spiro atoms. The standard InChI is InChI=1S/C16H19F3N4O2/c1-3-5-10-8-11(21-25-10)13-6-4-7-23(13)15(24)12-9-14(16(17,18)19)22(2)20-12/h8-9,13H,3-7H2,1-2H3/t13-/m0/s1. The normalized spacial score (nSPS) is 18.1. The number of alkyl halides is 3. The Hall–Kier alpha value is -2.32. The van der Waals surface area contributed by atoms with Gasteiger partial charge in [-0.15, -0.1) is 0 Å². The molecule has 9 heteroatoms. The minimum atomic E-state index is -4.55. The van der Waals surface area contributed by atoms with Crippen molar-refractivity contribution in [3.05, 3.63) is 35.0 Å². The molecule has 3 rings (SSSR count). The number of aryl methyl sites for hydroxylation is 2. The molecule has 0 radical (unpaired) electrons. The number of nitrogens with zero attached hydrogens (tertiary/aromatic N) is 4. The highest BCUT2D eigenvalue weighted by Gasteiger charge is 2.38. The van der Waals surface area contributed by atoms with Crippen molar-refractivity contribution in [1.29, 1.82) is 0 Å². The van der Waals surface area contributed by atoms with E-state index >= 15 is 0 Å². The third-order valence-electron chi connectivity index (χ3n) is 4.32. The van der Waals surface area contributed by atoms with Crippen molar-refractivity contribution in [3.63, 3.8) is 0 Å². The predicted molar refractivity (Wildman–Crippen MR) is 81.7 cm³/mol. The zero-order valence-electron chi connectivity index (χ0n) is 14.0. The zero-order valence-corrected chi connectivity index (χ0v) is 14.0. The maximum absolute atomic E-state index is 12.9. The van der Waals surface area contributed by atoms with Gasteiger partial charge in [0.15, 0.2) is 5.69 Å². The molecule has 1 fully saturated rings. The first-order valence-corrected chi connectivity index (χ1v) is 8.19. The lowest BCUT2D eigenvalue weighted by molar-refractivity contribution is -0.143. The van der Waals surface area contributed by atoms with Crippen molar-refractivity contribution in [2.24, 2.45) is 7.05 Å². The van der Waals surface area contributed by atoms with Crippen molar-refractivity contribution in [2.75, 3.05) is 6.54 Å². The second-order valence-corrected chi connectivity index (χ2v) is 6.16. The molecule has 0 N–H and O–H groups in total. The summed E-state index contributed by atoms with van der Waals surface area (Å²) in [5, 5.41) is 7.78. The highest BCUT2D eigenvalue weighted by Crippen LogP contribution is 2.34. The minimum Gasteiger partial charge on any atom is -0.361 e. The summed E-state index contributed by atoms with van der Waals surface area (Å²) in [6.45, 7) is 2.48. The van der Waals surface area contributed by atoms with E-state index in [1.807, 2.05) is 13.0 Å². The summed E-state index contributed by atoms with van der Waals surface area (Å²) < 4.78 is 44.7. The van der Waals surface area contributed by atoms with Gasteiger partial charge in [-0.3, -0.25) is 9.48 Å². The van der Waals surface area contributed by atoms with Crippen molar-refractivity contribution in [2.45, 2.75) is 44.8 Å². The number of carbonyl (C=O) groups is 1. The van der Waals surface area contributed by atoms with Gasteiger partial charge in [0.25, 0.3) is 5.91 Å². The average Bonchev–Trinajstić information content (AvgIpc) is 3.23. The van der Waals surface area contributed by atoms with Crippen LogP contribution in [-0.4, -0.2) is 32.3 Å². The monoisotopic (exact) mass is 356 g/mol. The quantitative estimate of drug-likeness (QED) is 0.843. The molecule has 6 nitrogen and oxygen atoms in total. The molecular weight excluding hydrogens is 337 g/mol. The van der Waals surface area contributed by atoms with E-state index in [1.165, 1.54) is 11.9 Å². The van der Waals surface area contributed by atoms with Crippen LogP contribution in [0.1, 0.15) is 59.9 Å². The number of likely N-dealkylation sites (tertiary alicyclic amines) is 1. The fraction of sp³-hybridized carbons (Fsp3) is 0.562. The molecule has 0 saturated carbocycles. The van der Waals surface area contributed by atoms with Crippen molar-refractivity contribution in [3.8, 4) is 0 Å². The molecule has 1 aliphatic heterocycles. The Kier molecular flexibility index (Phi) is 4.57. The van der Waals surface area contributed by atoms with Crippen LogP contribution in [0.4, 0.5) is 13.2 Å². The molecule has 3 heterocycles. The molecule has 2 aromatic rings. The van der Waals surface area contributed by atoms with Crippen molar-refractivity contribution in [1.82, 2.24) is 19.8 Å². The zero-order chi connectivity index (χ0) is 18.2. The third-order valence-corrected chi connectivity index (χ3v) is 4.32. The van der Waals surface area contributed by atoms with Crippen LogP contribution in [0.5, 0.6) is 0 Å². The molecule has 136 valence electrons. The van der Waals surface area contributed by atoms with E-state index in [0.717, 1.165) is 31.1 Å². The molecule has 1 atom stereocenters. The summed E-state index contributed by atoms with van der Waals surface area (Å²) >= 11 is 0. The summed E-state index contributed by atoms with van der Waals surface area (Å²) in [6.07, 6.45) is -1.43. The van der Waals surface area contributed by atoms with Crippen LogP contribution in [0.15, 0.2) is 16.7 Å². The topological polar surface area (TPSA) is 64.2 Å². The number of aromatic nitrogens is 3. The number of hydrogen-bond acceptors (Lipinski definition) is 4. The van der Waals surface area contributed by atoms with Crippen molar-refractivity contribution < 1.29 is 22.5 Å². The Morgan fingerprint density at radius 2 is 2.16 bits per heavy atom. The van der Waals surface area contributed by atoms with E-state index in [4.69, 9.17) is 4.52 Å². The van der Waals surface area contributed by atoms with Gasteiger partial charge in [0.2, 0.25) is 0 Å². The fourth-order valence-corrected chi connectivity index (χ4v) is 3.15. The van der Waals surface area contributed by atoms with Gasteiger partial charge in [0.05, 0.1) is 6.04 Å². The lowest BCUT2D eigenvalue weighted by Crippen LogP contribution is -2.31. The molecule has 0 aliphatic carbocycles. The largest absolute Gasteiger partial charge is 0.433 e. The summed E-state index contributed by atoms with van der Waals surface area (Å²) in [5.74, 6) is 0.225. The average molecular weight is 356 g/mol. The molecule has 0 unspecified atom stereocenters. The molecule has 1 aliphatic rings. The van der Waals surface area contributed by atoms with Crippen LogP contribution < -0.4 is 0 Å². The van der Waals surface area contributed by atoms with E-state index in [9.17, 15) is 18.0 Å². The SMILES string of the molecule is CCCc1cc([C@@H]2CCCN2C(=O)c2cc(C(F)(F)F)n(C)n2)no1. The Bertz CT molecular complexity index is 766. The number of rotatable bonds is 4. The fourth-order valence-electron chi connectivity index (χ4n) is 3.15. The first kappa shape index (κ1) is 17.5. The highest BCUT2D eigenvalue weighted by atomic mass is 19.4. The molecule has 0 bridgehead atoms. The van der Waals surface area contributed by atoms with Gasteiger partial charge in [0, 0.05) is 32.1 Å². The summed E-state index contributed by atoms with van der Waals surface area (Å²) in [5.41, 5.74) is -0.515. The minimum absolute atomic E-state index is 0.209. The highest BCUT2D eigenvalue weighted by molar-refractivity contribution is 5.93. The maximum Gasteiger partial charge on any atom is 0.433 e. The lowest BCUT2D eigenvalue weighted by Gasteiger charge is -2.21. The second kappa shape index (κ2) is 6.53. The molecule has 1 amide bonds. The van der Waals surface area contributed by atoms with Crippen LogP contribution in [0.2, 0.25) is 0 Å². The molecule has 0 aromatic carbocycles. The van der Waals surface area contributed by atoms with E-state index in [2.05, 4.69) is 10.3 Å². The van der Waals surface area contributed by atoms with Crippen LogP contribution in [-0.2, 0) is 19.6 Å². The molecule has 2 aromatic heterocycles. The van der Waals surface area contributed by atoms with Crippen LogP contribution in [0.3, 0.4) is 0 Å². The van der Waals surface area contributed by atoms with E-state index in [1.54, 1.807) is 0 Å². The van der Waals surface area contributed by atoms with E-state index in [0.29, 0.717) is 23.3 Å². The lowest BCUT2D eigenvalue weighted by atomic mass is 10.1. The third kappa shape index (κ3) is 3.40. The Morgan fingerprint density at radius 1 is 1.40 bits per heavy atom. The number of carbonyl (C=O) groups excluding carboxylic acids is 1. The molecule has 25 heavy (non-hydrogen) atoms. The van der Waals surface area contributed by atoms with Crippen molar-refractivity contribution >= 4 is 5.91 Å². The van der Waals surface area contributed by atoms with Crippen LogP contribution in [0, 0.1) is 0 Å². The maximum atomic E-state index is 12.9. The van der Waals surface area contributed by atoms with Gasteiger partial charge >= 0.3 is 6.18 Å². The smallest absolute Gasteiger partial charge is 0.361 e. The molecule has 1 saturated heterocycles. The van der Waals surface area contributed by atoms with Gasteiger partial charge in [0.1, 0.15) is 17.1 Å².